The number of carbonyl (C=O) groups excluding carboxylic acids is 1. The molecule has 0 saturated carbocycles. The molecule has 0 radical (unpaired) electrons. The summed E-state index contributed by atoms with van der Waals surface area (Å²) < 4.78 is 1.85. The fourth-order valence-corrected chi connectivity index (χ4v) is 2.43. The molecule has 0 aliphatic heterocycles. The lowest BCUT2D eigenvalue weighted by molar-refractivity contribution is 0.0951. The summed E-state index contributed by atoms with van der Waals surface area (Å²) in [6.45, 7) is 3.30. The zero-order chi connectivity index (χ0) is 16.1. The number of aromatic nitrogens is 2. The number of benzene rings is 2. The molecule has 4 heteroatoms. The van der Waals surface area contributed by atoms with E-state index >= 15 is 0 Å². The molecule has 0 fully saturated rings. The van der Waals surface area contributed by atoms with Crippen LogP contribution in [0.25, 0.3) is 0 Å². The first kappa shape index (κ1) is 15.0. The molecule has 0 spiro atoms. The van der Waals surface area contributed by atoms with Gasteiger partial charge >= 0.3 is 0 Å². The summed E-state index contributed by atoms with van der Waals surface area (Å²) in [5, 5.41) is 7.14. The number of hydrogen-bond acceptors (Lipinski definition) is 2. The van der Waals surface area contributed by atoms with Crippen LogP contribution < -0.4 is 5.32 Å². The zero-order valence-electron chi connectivity index (χ0n) is 13.1. The predicted molar refractivity (Wildman–Crippen MR) is 90.1 cm³/mol. The van der Waals surface area contributed by atoms with Crippen LogP contribution in [0.2, 0.25) is 0 Å². The van der Waals surface area contributed by atoms with Gasteiger partial charge in [0.25, 0.3) is 5.91 Å². The van der Waals surface area contributed by atoms with E-state index in [0.717, 1.165) is 11.1 Å². The largest absolute Gasteiger partial charge is 0.348 e. The lowest BCUT2D eigenvalue weighted by Crippen LogP contribution is -2.23. The van der Waals surface area contributed by atoms with E-state index in [0.29, 0.717) is 18.7 Å². The highest BCUT2D eigenvalue weighted by molar-refractivity contribution is 5.94. The van der Waals surface area contributed by atoms with Gasteiger partial charge in [-0.05, 0) is 41.8 Å². The van der Waals surface area contributed by atoms with Crippen LogP contribution in [0.3, 0.4) is 0 Å². The number of hydrogen-bond donors (Lipinski definition) is 1. The number of nitrogens with one attached hydrogen (secondary N) is 1. The summed E-state index contributed by atoms with van der Waals surface area (Å²) >= 11 is 0. The third-order valence-electron chi connectivity index (χ3n) is 3.82. The molecule has 3 rings (SSSR count). The quantitative estimate of drug-likeness (QED) is 0.787. The van der Waals surface area contributed by atoms with Gasteiger partial charge in [-0.15, -0.1) is 0 Å². The van der Waals surface area contributed by atoms with Crippen LogP contribution in [-0.4, -0.2) is 15.7 Å². The second kappa shape index (κ2) is 6.92. The minimum atomic E-state index is -0.0566. The first-order chi connectivity index (χ1) is 11.2. The predicted octanol–water partition coefficient (Wildman–Crippen LogP) is 3.17. The molecule has 1 N–H and O–H groups in total. The van der Waals surface area contributed by atoms with Crippen molar-refractivity contribution in [3.63, 3.8) is 0 Å². The summed E-state index contributed by atoms with van der Waals surface area (Å²) in [7, 11) is 0. The van der Waals surface area contributed by atoms with Gasteiger partial charge in [0.1, 0.15) is 0 Å². The standard InChI is InChI=1S/C19H19N3O/c1-15-5-2-3-6-18(15)13-20-19(23)17-9-7-16(8-10-17)14-22-12-4-11-21-22/h2-12H,13-14H2,1H3,(H,20,23). The Morgan fingerprint density at radius 3 is 2.57 bits per heavy atom. The minimum Gasteiger partial charge on any atom is -0.348 e. The van der Waals surface area contributed by atoms with Crippen LogP contribution in [0.15, 0.2) is 67.0 Å². The van der Waals surface area contributed by atoms with E-state index in [1.807, 2.05) is 72.4 Å². The number of rotatable bonds is 5. The van der Waals surface area contributed by atoms with Crippen molar-refractivity contribution >= 4 is 5.91 Å². The lowest BCUT2D eigenvalue weighted by atomic mass is 10.1. The molecule has 2 aromatic carbocycles. The van der Waals surface area contributed by atoms with Crippen molar-refractivity contribution in [3.05, 3.63) is 89.2 Å². The molecule has 23 heavy (non-hydrogen) atoms. The Morgan fingerprint density at radius 1 is 1.09 bits per heavy atom. The SMILES string of the molecule is Cc1ccccc1CNC(=O)c1ccc(Cn2cccn2)cc1. The maximum Gasteiger partial charge on any atom is 0.251 e. The highest BCUT2D eigenvalue weighted by Crippen LogP contribution is 2.09. The number of amides is 1. The smallest absolute Gasteiger partial charge is 0.251 e. The van der Waals surface area contributed by atoms with Gasteiger partial charge in [0, 0.05) is 24.5 Å². The van der Waals surface area contributed by atoms with Crippen molar-refractivity contribution < 1.29 is 4.79 Å². The lowest BCUT2D eigenvalue weighted by Gasteiger charge is -2.08. The van der Waals surface area contributed by atoms with Gasteiger partial charge < -0.3 is 5.32 Å². The number of nitrogens with zero attached hydrogens (tertiary/aromatic N) is 2. The van der Waals surface area contributed by atoms with Gasteiger partial charge in [-0.25, -0.2) is 0 Å². The average molecular weight is 305 g/mol. The van der Waals surface area contributed by atoms with Crippen molar-refractivity contribution in [2.75, 3.05) is 0 Å². The monoisotopic (exact) mass is 305 g/mol. The molecule has 116 valence electrons. The maximum absolute atomic E-state index is 12.2. The fourth-order valence-electron chi connectivity index (χ4n) is 2.43. The summed E-state index contributed by atoms with van der Waals surface area (Å²) in [4.78, 5) is 12.2. The second-order valence-corrected chi connectivity index (χ2v) is 5.51. The molecule has 0 aliphatic rings. The molecule has 1 amide bonds. The van der Waals surface area contributed by atoms with Crippen LogP contribution in [0.5, 0.6) is 0 Å². The van der Waals surface area contributed by atoms with Crippen LogP contribution >= 0.6 is 0 Å². The van der Waals surface area contributed by atoms with Gasteiger partial charge in [0.15, 0.2) is 0 Å². The Hall–Kier alpha value is -2.88. The molecule has 4 nitrogen and oxygen atoms in total. The summed E-state index contributed by atoms with van der Waals surface area (Å²) in [5.41, 5.74) is 4.10. The molecule has 0 saturated heterocycles. The Balaban J connectivity index is 1.60. The van der Waals surface area contributed by atoms with E-state index in [1.165, 1.54) is 5.56 Å². The van der Waals surface area contributed by atoms with E-state index < -0.39 is 0 Å². The van der Waals surface area contributed by atoms with Crippen molar-refractivity contribution in [2.24, 2.45) is 0 Å². The van der Waals surface area contributed by atoms with Crippen LogP contribution in [0.1, 0.15) is 27.0 Å². The third kappa shape index (κ3) is 3.86. The summed E-state index contributed by atoms with van der Waals surface area (Å²) in [6, 6.07) is 17.6. The van der Waals surface area contributed by atoms with Gasteiger partial charge in [-0.1, -0.05) is 36.4 Å². The molecular weight excluding hydrogens is 286 g/mol. The maximum atomic E-state index is 12.2. The highest BCUT2D eigenvalue weighted by atomic mass is 16.1. The molecule has 0 unspecified atom stereocenters. The molecule has 0 aliphatic carbocycles. The van der Waals surface area contributed by atoms with E-state index in [4.69, 9.17) is 0 Å². The van der Waals surface area contributed by atoms with Crippen molar-refractivity contribution in [3.8, 4) is 0 Å². The van der Waals surface area contributed by atoms with E-state index in [-0.39, 0.29) is 5.91 Å². The molecule has 1 aromatic heterocycles. The topological polar surface area (TPSA) is 46.9 Å². The summed E-state index contributed by atoms with van der Waals surface area (Å²) in [5.74, 6) is -0.0566. The van der Waals surface area contributed by atoms with E-state index in [9.17, 15) is 4.79 Å². The van der Waals surface area contributed by atoms with Crippen molar-refractivity contribution in [1.29, 1.82) is 0 Å². The number of carbonyl (C=O) groups is 1. The van der Waals surface area contributed by atoms with Gasteiger partial charge in [0.05, 0.1) is 6.54 Å². The van der Waals surface area contributed by atoms with Crippen LogP contribution in [0.4, 0.5) is 0 Å². The van der Waals surface area contributed by atoms with Crippen molar-refractivity contribution in [2.45, 2.75) is 20.0 Å². The molecule has 0 bridgehead atoms. The Bertz CT molecular complexity index is 777. The van der Waals surface area contributed by atoms with Crippen LogP contribution in [-0.2, 0) is 13.1 Å². The second-order valence-electron chi connectivity index (χ2n) is 5.51. The Labute approximate surface area is 135 Å². The van der Waals surface area contributed by atoms with E-state index in [1.54, 1.807) is 6.20 Å². The molecule has 0 atom stereocenters. The zero-order valence-corrected chi connectivity index (χ0v) is 13.1. The number of aryl methyl sites for hydroxylation is 1. The first-order valence-corrected chi connectivity index (χ1v) is 7.61. The minimum absolute atomic E-state index is 0.0566. The van der Waals surface area contributed by atoms with Gasteiger partial charge in [0.2, 0.25) is 0 Å². The van der Waals surface area contributed by atoms with Crippen molar-refractivity contribution in [1.82, 2.24) is 15.1 Å². The Morgan fingerprint density at radius 2 is 1.87 bits per heavy atom. The molecule has 3 aromatic rings. The summed E-state index contributed by atoms with van der Waals surface area (Å²) in [6.07, 6.45) is 3.68. The molecule has 1 heterocycles. The average Bonchev–Trinajstić information content (AvgIpc) is 3.07. The normalized spacial score (nSPS) is 10.5. The van der Waals surface area contributed by atoms with Gasteiger partial charge in [-0.2, -0.15) is 5.10 Å². The van der Waals surface area contributed by atoms with E-state index in [2.05, 4.69) is 10.4 Å². The fraction of sp³-hybridized carbons (Fsp3) is 0.158. The van der Waals surface area contributed by atoms with Gasteiger partial charge in [-0.3, -0.25) is 9.48 Å². The highest BCUT2D eigenvalue weighted by Gasteiger charge is 2.06. The third-order valence-corrected chi connectivity index (χ3v) is 3.82. The van der Waals surface area contributed by atoms with Crippen LogP contribution in [0, 0.1) is 6.92 Å². The first-order valence-electron chi connectivity index (χ1n) is 7.61. The molecular formula is C19H19N3O. The Kier molecular flexibility index (Phi) is 4.52.